The molecule has 0 aromatic heterocycles. The van der Waals surface area contributed by atoms with E-state index in [1.54, 1.807) is 0 Å². The van der Waals surface area contributed by atoms with Gasteiger partial charge in [0.05, 0.1) is 0 Å². The standard InChI is InChI=1S/C11H16INO/c12-11-4-2-10(3-5-11)6-8-13-7-1-9-14/h2-5,13-14H,1,6-9H2. The number of rotatable bonds is 6. The predicted molar refractivity (Wildman–Crippen MR) is 67.4 cm³/mol. The third-order valence-electron chi connectivity index (χ3n) is 2.02. The average Bonchev–Trinajstić information content (AvgIpc) is 2.21. The number of halogens is 1. The van der Waals surface area contributed by atoms with Crippen LogP contribution in [0.1, 0.15) is 12.0 Å². The highest BCUT2D eigenvalue weighted by Crippen LogP contribution is 2.06. The second-order valence-electron chi connectivity index (χ2n) is 3.20. The van der Waals surface area contributed by atoms with Gasteiger partial charge in [0.1, 0.15) is 0 Å². The van der Waals surface area contributed by atoms with E-state index in [4.69, 9.17) is 5.11 Å². The SMILES string of the molecule is OCCCNCCc1ccc(I)cc1. The molecule has 0 bridgehead atoms. The Balaban J connectivity index is 2.15. The van der Waals surface area contributed by atoms with Crippen molar-refractivity contribution in [3.05, 3.63) is 33.4 Å². The van der Waals surface area contributed by atoms with E-state index in [0.29, 0.717) is 0 Å². The smallest absolute Gasteiger partial charge is 0.0443 e. The minimum Gasteiger partial charge on any atom is -0.396 e. The first-order valence-corrected chi connectivity index (χ1v) is 5.97. The van der Waals surface area contributed by atoms with Crippen LogP contribution in [-0.4, -0.2) is 24.8 Å². The number of aliphatic hydroxyl groups is 1. The molecule has 0 heterocycles. The fourth-order valence-electron chi connectivity index (χ4n) is 1.21. The van der Waals surface area contributed by atoms with Gasteiger partial charge < -0.3 is 10.4 Å². The summed E-state index contributed by atoms with van der Waals surface area (Å²) in [5, 5.41) is 11.9. The molecular weight excluding hydrogens is 289 g/mol. The Bertz CT molecular complexity index is 248. The summed E-state index contributed by atoms with van der Waals surface area (Å²) in [6.45, 7) is 2.16. The van der Waals surface area contributed by atoms with Crippen molar-refractivity contribution in [2.75, 3.05) is 19.7 Å². The Morgan fingerprint density at radius 2 is 1.86 bits per heavy atom. The van der Waals surface area contributed by atoms with Gasteiger partial charge in [-0.1, -0.05) is 12.1 Å². The van der Waals surface area contributed by atoms with Crippen LogP contribution in [0.2, 0.25) is 0 Å². The molecule has 3 heteroatoms. The van der Waals surface area contributed by atoms with Gasteiger partial charge in [-0.05, 0) is 66.2 Å². The summed E-state index contributed by atoms with van der Waals surface area (Å²) in [4.78, 5) is 0. The molecule has 0 saturated carbocycles. The second kappa shape index (κ2) is 7.20. The maximum absolute atomic E-state index is 8.57. The first-order valence-electron chi connectivity index (χ1n) is 4.89. The van der Waals surface area contributed by atoms with Crippen LogP contribution in [0, 0.1) is 3.57 Å². The Morgan fingerprint density at radius 1 is 1.14 bits per heavy atom. The third-order valence-corrected chi connectivity index (χ3v) is 2.73. The molecule has 0 aliphatic carbocycles. The first kappa shape index (κ1) is 11.9. The van der Waals surface area contributed by atoms with Crippen LogP contribution in [0.3, 0.4) is 0 Å². The van der Waals surface area contributed by atoms with Crippen LogP contribution in [0.5, 0.6) is 0 Å². The van der Waals surface area contributed by atoms with Gasteiger partial charge in [0.2, 0.25) is 0 Å². The summed E-state index contributed by atoms with van der Waals surface area (Å²) in [5.41, 5.74) is 1.36. The fraction of sp³-hybridized carbons (Fsp3) is 0.455. The van der Waals surface area contributed by atoms with E-state index in [-0.39, 0.29) is 6.61 Å². The molecule has 0 amide bonds. The van der Waals surface area contributed by atoms with E-state index in [1.165, 1.54) is 9.13 Å². The van der Waals surface area contributed by atoms with Crippen molar-refractivity contribution in [2.45, 2.75) is 12.8 Å². The van der Waals surface area contributed by atoms with Gasteiger partial charge in [0, 0.05) is 10.2 Å². The molecule has 2 N–H and O–H groups in total. The van der Waals surface area contributed by atoms with E-state index in [1.807, 2.05) is 0 Å². The van der Waals surface area contributed by atoms with Crippen molar-refractivity contribution < 1.29 is 5.11 Å². The lowest BCUT2D eigenvalue weighted by molar-refractivity contribution is 0.286. The summed E-state index contributed by atoms with van der Waals surface area (Å²) < 4.78 is 1.28. The van der Waals surface area contributed by atoms with Crippen molar-refractivity contribution in [3.8, 4) is 0 Å². The third kappa shape index (κ3) is 4.93. The van der Waals surface area contributed by atoms with Crippen LogP contribution in [0.4, 0.5) is 0 Å². The first-order chi connectivity index (χ1) is 6.83. The summed E-state index contributed by atoms with van der Waals surface area (Å²) in [6.07, 6.45) is 1.90. The van der Waals surface area contributed by atoms with E-state index >= 15 is 0 Å². The second-order valence-corrected chi connectivity index (χ2v) is 4.45. The molecule has 0 saturated heterocycles. The number of hydrogen-bond acceptors (Lipinski definition) is 2. The Morgan fingerprint density at radius 3 is 2.50 bits per heavy atom. The van der Waals surface area contributed by atoms with Crippen LogP contribution >= 0.6 is 22.6 Å². The highest BCUT2D eigenvalue weighted by Gasteiger charge is 1.92. The largest absolute Gasteiger partial charge is 0.396 e. The average molecular weight is 305 g/mol. The zero-order chi connectivity index (χ0) is 10.2. The van der Waals surface area contributed by atoms with Crippen molar-refractivity contribution in [1.82, 2.24) is 5.32 Å². The van der Waals surface area contributed by atoms with Gasteiger partial charge in [0.15, 0.2) is 0 Å². The highest BCUT2D eigenvalue weighted by atomic mass is 127. The highest BCUT2D eigenvalue weighted by molar-refractivity contribution is 14.1. The monoisotopic (exact) mass is 305 g/mol. The summed E-state index contributed by atoms with van der Waals surface area (Å²) in [6, 6.07) is 8.58. The topological polar surface area (TPSA) is 32.3 Å². The zero-order valence-corrected chi connectivity index (χ0v) is 10.3. The molecule has 78 valence electrons. The number of hydrogen-bond donors (Lipinski definition) is 2. The lowest BCUT2D eigenvalue weighted by atomic mass is 10.1. The fourth-order valence-corrected chi connectivity index (χ4v) is 1.57. The molecule has 0 fully saturated rings. The van der Waals surface area contributed by atoms with E-state index < -0.39 is 0 Å². The van der Waals surface area contributed by atoms with Crippen LogP contribution in [0.15, 0.2) is 24.3 Å². The molecule has 0 aliphatic heterocycles. The van der Waals surface area contributed by atoms with Crippen LogP contribution in [0.25, 0.3) is 0 Å². The minimum atomic E-state index is 0.274. The Labute approximate surface area is 98.9 Å². The quantitative estimate of drug-likeness (QED) is 0.620. The molecule has 0 atom stereocenters. The Hall–Kier alpha value is -0.130. The Kier molecular flexibility index (Phi) is 6.14. The zero-order valence-electron chi connectivity index (χ0n) is 8.17. The van der Waals surface area contributed by atoms with Crippen molar-refractivity contribution in [2.24, 2.45) is 0 Å². The molecule has 1 aromatic rings. The molecule has 0 radical (unpaired) electrons. The number of benzene rings is 1. The number of nitrogens with one attached hydrogen (secondary N) is 1. The molecule has 0 aliphatic rings. The van der Waals surface area contributed by atoms with Crippen LogP contribution < -0.4 is 5.32 Å². The molecule has 1 aromatic carbocycles. The molecule has 2 nitrogen and oxygen atoms in total. The lowest BCUT2D eigenvalue weighted by Crippen LogP contribution is -2.19. The van der Waals surface area contributed by atoms with Crippen LogP contribution in [-0.2, 0) is 6.42 Å². The molecular formula is C11H16INO. The van der Waals surface area contributed by atoms with Gasteiger partial charge in [-0.2, -0.15) is 0 Å². The van der Waals surface area contributed by atoms with Gasteiger partial charge in [-0.25, -0.2) is 0 Å². The molecule has 14 heavy (non-hydrogen) atoms. The molecule has 1 rings (SSSR count). The van der Waals surface area contributed by atoms with Gasteiger partial charge in [0.25, 0.3) is 0 Å². The van der Waals surface area contributed by atoms with Crippen molar-refractivity contribution in [3.63, 3.8) is 0 Å². The molecule has 0 spiro atoms. The number of aliphatic hydroxyl groups excluding tert-OH is 1. The summed E-state index contributed by atoms with van der Waals surface area (Å²) >= 11 is 2.31. The predicted octanol–water partition coefficient (Wildman–Crippen LogP) is 1.81. The van der Waals surface area contributed by atoms with Gasteiger partial charge >= 0.3 is 0 Å². The van der Waals surface area contributed by atoms with Gasteiger partial charge in [-0.3, -0.25) is 0 Å². The molecule has 0 unspecified atom stereocenters. The minimum absolute atomic E-state index is 0.274. The summed E-state index contributed by atoms with van der Waals surface area (Å²) in [5.74, 6) is 0. The van der Waals surface area contributed by atoms with Gasteiger partial charge in [-0.15, -0.1) is 0 Å². The van der Waals surface area contributed by atoms with E-state index in [9.17, 15) is 0 Å². The van der Waals surface area contributed by atoms with Crippen molar-refractivity contribution in [1.29, 1.82) is 0 Å². The van der Waals surface area contributed by atoms with E-state index in [0.717, 1.165) is 25.9 Å². The van der Waals surface area contributed by atoms with E-state index in [2.05, 4.69) is 52.2 Å². The normalized spacial score (nSPS) is 10.4. The van der Waals surface area contributed by atoms with Crippen molar-refractivity contribution >= 4 is 22.6 Å². The lowest BCUT2D eigenvalue weighted by Gasteiger charge is -2.03. The maximum Gasteiger partial charge on any atom is 0.0443 e. The summed E-state index contributed by atoms with van der Waals surface area (Å²) in [7, 11) is 0. The maximum atomic E-state index is 8.57.